The van der Waals surface area contributed by atoms with Crippen molar-refractivity contribution < 1.29 is 4.74 Å². The van der Waals surface area contributed by atoms with Crippen molar-refractivity contribution in [3.05, 3.63) is 29.8 Å². The molecule has 18 heavy (non-hydrogen) atoms. The molecule has 2 atom stereocenters. The number of methoxy groups -OCH3 is 1. The van der Waals surface area contributed by atoms with Crippen molar-refractivity contribution in [2.45, 2.75) is 52.6 Å². The molecule has 0 radical (unpaired) electrons. The van der Waals surface area contributed by atoms with E-state index >= 15 is 0 Å². The van der Waals surface area contributed by atoms with Crippen molar-refractivity contribution in [1.29, 1.82) is 0 Å². The largest absolute Gasteiger partial charge is 0.497 e. The van der Waals surface area contributed by atoms with Crippen molar-refractivity contribution >= 4 is 0 Å². The SMILES string of the molecule is COc1cccc([C@H](C)NC(C)CCC(C)C)c1. The molecule has 0 fully saturated rings. The summed E-state index contributed by atoms with van der Waals surface area (Å²) in [4.78, 5) is 0. The summed E-state index contributed by atoms with van der Waals surface area (Å²) < 4.78 is 5.26. The molecule has 1 rings (SSSR count). The molecule has 0 saturated heterocycles. The van der Waals surface area contributed by atoms with E-state index in [1.54, 1.807) is 7.11 Å². The lowest BCUT2D eigenvalue weighted by atomic mass is 10.0. The minimum atomic E-state index is 0.363. The predicted molar refractivity (Wildman–Crippen MR) is 78.1 cm³/mol. The van der Waals surface area contributed by atoms with Gasteiger partial charge in [-0.25, -0.2) is 0 Å². The molecule has 2 nitrogen and oxygen atoms in total. The lowest BCUT2D eigenvalue weighted by molar-refractivity contribution is 0.406. The van der Waals surface area contributed by atoms with E-state index in [0.29, 0.717) is 12.1 Å². The summed E-state index contributed by atoms with van der Waals surface area (Å²) in [5.41, 5.74) is 1.28. The van der Waals surface area contributed by atoms with Gasteiger partial charge in [-0.05, 0) is 50.3 Å². The van der Waals surface area contributed by atoms with Gasteiger partial charge in [-0.1, -0.05) is 26.0 Å². The van der Waals surface area contributed by atoms with Gasteiger partial charge in [0, 0.05) is 12.1 Å². The average molecular weight is 249 g/mol. The van der Waals surface area contributed by atoms with E-state index in [1.807, 2.05) is 12.1 Å². The highest BCUT2D eigenvalue weighted by atomic mass is 16.5. The van der Waals surface area contributed by atoms with E-state index in [0.717, 1.165) is 11.7 Å². The molecular formula is C16H27NO. The zero-order valence-electron chi connectivity index (χ0n) is 12.4. The standard InChI is InChI=1S/C16H27NO/c1-12(2)9-10-13(3)17-14(4)15-7-6-8-16(11-15)18-5/h6-8,11-14,17H,9-10H2,1-5H3/t13?,14-/m0/s1. The van der Waals surface area contributed by atoms with E-state index in [2.05, 4.69) is 45.1 Å². The van der Waals surface area contributed by atoms with E-state index in [4.69, 9.17) is 4.74 Å². The Morgan fingerprint density at radius 3 is 2.44 bits per heavy atom. The van der Waals surface area contributed by atoms with Gasteiger partial charge in [-0.15, -0.1) is 0 Å². The van der Waals surface area contributed by atoms with Crippen molar-refractivity contribution in [2.24, 2.45) is 5.92 Å². The number of rotatable bonds is 7. The van der Waals surface area contributed by atoms with E-state index in [-0.39, 0.29) is 0 Å². The molecule has 0 aliphatic rings. The van der Waals surface area contributed by atoms with Crippen LogP contribution < -0.4 is 10.1 Å². The van der Waals surface area contributed by atoms with Crippen LogP contribution in [0.3, 0.4) is 0 Å². The second kappa shape index (κ2) is 7.42. The maximum Gasteiger partial charge on any atom is 0.119 e. The molecule has 1 aromatic carbocycles. The van der Waals surface area contributed by atoms with Crippen LogP contribution >= 0.6 is 0 Å². The molecule has 1 aromatic rings. The molecule has 0 spiro atoms. The quantitative estimate of drug-likeness (QED) is 0.783. The first kappa shape index (κ1) is 15.0. The second-order valence-electron chi connectivity index (χ2n) is 5.54. The van der Waals surface area contributed by atoms with E-state index in [1.165, 1.54) is 18.4 Å². The minimum Gasteiger partial charge on any atom is -0.497 e. The summed E-state index contributed by atoms with van der Waals surface area (Å²) in [5, 5.41) is 3.65. The van der Waals surface area contributed by atoms with Gasteiger partial charge in [0.2, 0.25) is 0 Å². The number of benzene rings is 1. The van der Waals surface area contributed by atoms with Gasteiger partial charge in [0.05, 0.1) is 7.11 Å². The molecule has 102 valence electrons. The van der Waals surface area contributed by atoms with E-state index in [9.17, 15) is 0 Å². The Morgan fingerprint density at radius 1 is 1.11 bits per heavy atom. The van der Waals surface area contributed by atoms with Crippen LogP contribution in [0.15, 0.2) is 24.3 Å². The summed E-state index contributed by atoms with van der Waals surface area (Å²) >= 11 is 0. The number of nitrogens with one attached hydrogen (secondary N) is 1. The summed E-state index contributed by atoms with van der Waals surface area (Å²) in [6.07, 6.45) is 2.50. The van der Waals surface area contributed by atoms with Gasteiger partial charge in [0.25, 0.3) is 0 Å². The first-order valence-electron chi connectivity index (χ1n) is 6.93. The van der Waals surface area contributed by atoms with Gasteiger partial charge in [-0.2, -0.15) is 0 Å². The average Bonchev–Trinajstić information content (AvgIpc) is 2.36. The Morgan fingerprint density at radius 2 is 1.83 bits per heavy atom. The van der Waals surface area contributed by atoms with Crippen LogP contribution in [-0.4, -0.2) is 13.2 Å². The van der Waals surface area contributed by atoms with Crippen LogP contribution in [0.25, 0.3) is 0 Å². The van der Waals surface area contributed by atoms with Crippen LogP contribution in [0.2, 0.25) is 0 Å². The Hall–Kier alpha value is -1.02. The smallest absolute Gasteiger partial charge is 0.119 e. The summed E-state index contributed by atoms with van der Waals surface area (Å²) in [6.45, 7) is 9.02. The highest BCUT2D eigenvalue weighted by Crippen LogP contribution is 2.20. The first-order chi connectivity index (χ1) is 8.52. The Balaban J connectivity index is 2.50. The molecule has 0 aromatic heterocycles. The van der Waals surface area contributed by atoms with Crippen LogP contribution in [0, 0.1) is 5.92 Å². The highest BCUT2D eigenvalue weighted by Gasteiger charge is 2.10. The number of hydrogen-bond donors (Lipinski definition) is 1. The minimum absolute atomic E-state index is 0.363. The third-order valence-electron chi connectivity index (χ3n) is 3.31. The van der Waals surface area contributed by atoms with Gasteiger partial charge in [0.15, 0.2) is 0 Å². The molecule has 0 aliphatic heterocycles. The van der Waals surface area contributed by atoms with Crippen molar-refractivity contribution in [3.63, 3.8) is 0 Å². The molecule has 0 heterocycles. The topological polar surface area (TPSA) is 21.3 Å². The molecule has 1 N–H and O–H groups in total. The Bertz CT molecular complexity index is 349. The van der Waals surface area contributed by atoms with Gasteiger partial charge < -0.3 is 10.1 Å². The Labute approximate surface area is 112 Å². The third kappa shape index (κ3) is 5.09. The monoisotopic (exact) mass is 249 g/mol. The fourth-order valence-corrected chi connectivity index (χ4v) is 2.10. The van der Waals surface area contributed by atoms with Gasteiger partial charge in [0.1, 0.15) is 5.75 Å². The summed E-state index contributed by atoms with van der Waals surface area (Å²) in [5.74, 6) is 1.71. The Kier molecular flexibility index (Phi) is 6.20. The molecule has 2 heteroatoms. The molecular weight excluding hydrogens is 222 g/mol. The van der Waals surface area contributed by atoms with Crippen molar-refractivity contribution in [1.82, 2.24) is 5.32 Å². The summed E-state index contributed by atoms with van der Waals surface area (Å²) in [6, 6.07) is 9.20. The van der Waals surface area contributed by atoms with Crippen LogP contribution in [0.1, 0.15) is 52.1 Å². The highest BCUT2D eigenvalue weighted by molar-refractivity contribution is 5.30. The van der Waals surface area contributed by atoms with Gasteiger partial charge in [-0.3, -0.25) is 0 Å². The maximum atomic E-state index is 5.26. The normalized spacial score (nSPS) is 14.6. The lowest BCUT2D eigenvalue weighted by Gasteiger charge is -2.21. The first-order valence-corrected chi connectivity index (χ1v) is 6.93. The van der Waals surface area contributed by atoms with Crippen LogP contribution in [-0.2, 0) is 0 Å². The van der Waals surface area contributed by atoms with Crippen LogP contribution in [0.5, 0.6) is 5.75 Å². The molecule has 0 saturated carbocycles. The molecule has 0 aliphatic carbocycles. The molecule has 0 amide bonds. The predicted octanol–water partition coefficient (Wildman–Crippen LogP) is 4.17. The fraction of sp³-hybridized carbons (Fsp3) is 0.625. The number of hydrogen-bond acceptors (Lipinski definition) is 2. The zero-order chi connectivity index (χ0) is 13.5. The van der Waals surface area contributed by atoms with Crippen molar-refractivity contribution in [3.8, 4) is 5.75 Å². The molecule has 0 bridgehead atoms. The van der Waals surface area contributed by atoms with E-state index < -0.39 is 0 Å². The lowest BCUT2D eigenvalue weighted by Crippen LogP contribution is -2.29. The summed E-state index contributed by atoms with van der Waals surface area (Å²) in [7, 11) is 1.71. The molecule has 1 unspecified atom stereocenters. The van der Waals surface area contributed by atoms with Crippen LogP contribution in [0.4, 0.5) is 0 Å². The number of ether oxygens (including phenoxy) is 1. The van der Waals surface area contributed by atoms with Crippen molar-refractivity contribution in [2.75, 3.05) is 7.11 Å². The zero-order valence-corrected chi connectivity index (χ0v) is 12.4. The maximum absolute atomic E-state index is 5.26. The fourth-order valence-electron chi connectivity index (χ4n) is 2.10. The third-order valence-corrected chi connectivity index (χ3v) is 3.31. The second-order valence-corrected chi connectivity index (χ2v) is 5.54. The van der Waals surface area contributed by atoms with Gasteiger partial charge >= 0.3 is 0 Å².